The Morgan fingerprint density at radius 2 is 2.19 bits per heavy atom. The van der Waals surface area contributed by atoms with Gasteiger partial charge in [0.05, 0.1) is 5.57 Å². The van der Waals surface area contributed by atoms with Crippen LogP contribution in [-0.4, -0.2) is 11.6 Å². The second-order valence-corrected chi connectivity index (χ2v) is 5.45. The van der Waals surface area contributed by atoms with Crippen molar-refractivity contribution >= 4 is 22.9 Å². The number of hydrogen-bond donors (Lipinski definition) is 0. The van der Waals surface area contributed by atoms with E-state index in [0.717, 1.165) is 11.3 Å². The van der Waals surface area contributed by atoms with E-state index < -0.39 is 5.60 Å². The summed E-state index contributed by atoms with van der Waals surface area (Å²) < 4.78 is 5.38. The van der Waals surface area contributed by atoms with Crippen LogP contribution in [-0.2, 0) is 9.53 Å². The fourth-order valence-electron chi connectivity index (χ4n) is 1.25. The number of esters is 1. The minimum absolute atomic E-state index is 0.239. The van der Waals surface area contributed by atoms with E-state index in [0.29, 0.717) is 5.57 Å². The van der Waals surface area contributed by atoms with Gasteiger partial charge in [-0.1, -0.05) is 19.1 Å². The highest BCUT2D eigenvalue weighted by atomic mass is 32.1. The zero-order chi connectivity index (χ0) is 12.2. The van der Waals surface area contributed by atoms with Crippen molar-refractivity contribution in [3.63, 3.8) is 0 Å². The van der Waals surface area contributed by atoms with Gasteiger partial charge in [-0.2, -0.15) is 0 Å². The van der Waals surface area contributed by atoms with Crippen LogP contribution in [0, 0.1) is 0 Å². The molecule has 16 heavy (non-hydrogen) atoms. The molecule has 1 aromatic heterocycles. The third-order valence-corrected chi connectivity index (χ3v) is 2.72. The lowest BCUT2D eigenvalue weighted by molar-refractivity contribution is -0.147. The summed E-state index contributed by atoms with van der Waals surface area (Å²) in [6.07, 6.45) is 2.74. The molecule has 1 rings (SSSR count). The summed E-state index contributed by atoms with van der Waals surface area (Å²) in [4.78, 5) is 12.9. The molecule has 0 saturated carbocycles. The van der Waals surface area contributed by atoms with Gasteiger partial charge in [-0.25, -0.2) is 4.79 Å². The predicted molar refractivity (Wildman–Crippen MR) is 68.4 cm³/mol. The molecule has 0 fully saturated rings. The Hall–Kier alpha value is -1.09. The first-order valence-corrected chi connectivity index (χ1v) is 6.29. The minimum atomic E-state index is -0.443. The van der Waals surface area contributed by atoms with E-state index >= 15 is 0 Å². The molecular formula is C13H18O2S. The predicted octanol–water partition coefficient (Wildman–Crippen LogP) is 3.88. The molecule has 0 unspecified atom stereocenters. The number of allylic oxidation sites excluding steroid dienone is 1. The quantitative estimate of drug-likeness (QED) is 0.590. The third kappa shape index (κ3) is 3.81. The van der Waals surface area contributed by atoms with Crippen LogP contribution in [0.1, 0.15) is 39.0 Å². The van der Waals surface area contributed by atoms with E-state index in [-0.39, 0.29) is 5.97 Å². The Bertz CT molecular complexity index is 369. The van der Waals surface area contributed by atoms with Crippen molar-refractivity contribution in [1.82, 2.24) is 0 Å². The highest BCUT2D eigenvalue weighted by Crippen LogP contribution is 2.24. The van der Waals surface area contributed by atoms with Crippen molar-refractivity contribution in [2.45, 2.75) is 39.7 Å². The van der Waals surface area contributed by atoms with Crippen LogP contribution in [0.5, 0.6) is 0 Å². The minimum Gasteiger partial charge on any atom is -0.456 e. The van der Waals surface area contributed by atoms with Crippen molar-refractivity contribution in [3.8, 4) is 0 Å². The van der Waals surface area contributed by atoms with Crippen LogP contribution >= 0.6 is 11.3 Å². The number of ether oxygens (including phenoxy) is 1. The lowest BCUT2D eigenvalue weighted by atomic mass is 10.1. The normalized spacial score (nSPS) is 12.6. The van der Waals surface area contributed by atoms with Crippen LogP contribution < -0.4 is 0 Å². The zero-order valence-corrected chi connectivity index (χ0v) is 11.1. The molecule has 0 saturated heterocycles. The summed E-state index contributed by atoms with van der Waals surface area (Å²) in [6.45, 7) is 7.65. The molecule has 0 radical (unpaired) electrons. The average Bonchev–Trinajstić information content (AvgIpc) is 2.63. The summed E-state index contributed by atoms with van der Waals surface area (Å²) >= 11 is 1.56. The molecule has 2 nitrogen and oxygen atoms in total. The van der Waals surface area contributed by atoms with Crippen molar-refractivity contribution in [1.29, 1.82) is 0 Å². The third-order valence-electron chi connectivity index (χ3n) is 1.81. The van der Waals surface area contributed by atoms with Crippen LogP contribution in [0.15, 0.2) is 23.6 Å². The monoisotopic (exact) mass is 238 g/mol. The number of rotatable bonds is 3. The number of carbonyl (C=O) groups excluding carboxylic acids is 1. The first-order chi connectivity index (χ1) is 7.44. The Morgan fingerprint density at radius 1 is 1.50 bits per heavy atom. The second kappa shape index (κ2) is 5.30. The molecule has 0 amide bonds. The topological polar surface area (TPSA) is 26.3 Å². The van der Waals surface area contributed by atoms with Gasteiger partial charge in [0.2, 0.25) is 0 Å². The molecule has 0 N–H and O–H groups in total. The van der Waals surface area contributed by atoms with Gasteiger partial charge < -0.3 is 4.74 Å². The van der Waals surface area contributed by atoms with E-state index in [4.69, 9.17) is 4.74 Å². The summed E-state index contributed by atoms with van der Waals surface area (Å²) in [6, 6.07) is 3.88. The SMILES string of the molecule is CCC=C(C(=O)OC(C)(C)C)c1cccs1. The van der Waals surface area contributed by atoms with E-state index in [1.807, 2.05) is 51.3 Å². The molecule has 0 aromatic carbocycles. The zero-order valence-electron chi connectivity index (χ0n) is 10.2. The second-order valence-electron chi connectivity index (χ2n) is 4.51. The summed E-state index contributed by atoms with van der Waals surface area (Å²) in [5.74, 6) is -0.239. The van der Waals surface area contributed by atoms with Crippen LogP contribution in [0.25, 0.3) is 5.57 Å². The van der Waals surface area contributed by atoms with Crippen LogP contribution in [0.4, 0.5) is 0 Å². The van der Waals surface area contributed by atoms with Gasteiger partial charge in [0.1, 0.15) is 5.60 Å². The number of carbonyl (C=O) groups is 1. The maximum absolute atomic E-state index is 12.0. The van der Waals surface area contributed by atoms with Gasteiger partial charge in [0.15, 0.2) is 0 Å². The highest BCUT2D eigenvalue weighted by molar-refractivity contribution is 7.11. The van der Waals surface area contributed by atoms with E-state index in [2.05, 4.69) is 0 Å². The molecule has 0 aliphatic carbocycles. The van der Waals surface area contributed by atoms with Gasteiger partial charge in [-0.15, -0.1) is 11.3 Å². The van der Waals surface area contributed by atoms with Crippen molar-refractivity contribution in [2.75, 3.05) is 0 Å². The first kappa shape index (κ1) is 13.0. The van der Waals surface area contributed by atoms with E-state index in [1.54, 1.807) is 11.3 Å². The number of thiophene rings is 1. The number of hydrogen-bond acceptors (Lipinski definition) is 3. The fraction of sp³-hybridized carbons (Fsp3) is 0.462. The Kier molecular flexibility index (Phi) is 4.30. The molecule has 0 atom stereocenters. The van der Waals surface area contributed by atoms with Crippen LogP contribution in [0.3, 0.4) is 0 Å². The molecule has 3 heteroatoms. The summed E-state index contributed by atoms with van der Waals surface area (Å²) in [7, 11) is 0. The molecule has 0 aliphatic heterocycles. The van der Waals surface area contributed by atoms with Gasteiger partial charge in [-0.3, -0.25) is 0 Å². The lowest BCUT2D eigenvalue weighted by Crippen LogP contribution is -2.24. The van der Waals surface area contributed by atoms with E-state index in [9.17, 15) is 4.79 Å². The summed E-state index contributed by atoms with van der Waals surface area (Å²) in [5, 5.41) is 1.96. The molecule has 1 aromatic rings. The Morgan fingerprint density at radius 3 is 2.62 bits per heavy atom. The smallest absolute Gasteiger partial charge is 0.339 e. The molecular weight excluding hydrogens is 220 g/mol. The Labute approximate surface area is 101 Å². The maximum atomic E-state index is 12.0. The van der Waals surface area contributed by atoms with Crippen molar-refractivity contribution in [3.05, 3.63) is 28.5 Å². The Balaban J connectivity index is 2.89. The largest absolute Gasteiger partial charge is 0.456 e. The van der Waals surface area contributed by atoms with Gasteiger partial charge >= 0.3 is 5.97 Å². The van der Waals surface area contributed by atoms with Gasteiger partial charge in [0.25, 0.3) is 0 Å². The summed E-state index contributed by atoms with van der Waals surface area (Å²) in [5.41, 5.74) is 0.230. The van der Waals surface area contributed by atoms with Crippen molar-refractivity contribution < 1.29 is 9.53 Å². The maximum Gasteiger partial charge on any atom is 0.339 e. The molecule has 0 bridgehead atoms. The standard InChI is InChI=1S/C13H18O2S/c1-5-7-10(11-8-6-9-16-11)12(14)15-13(2,3)4/h6-9H,5H2,1-4H3. The molecule has 88 valence electrons. The lowest BCUT2D eigenvalue weighted by Gasteiger charge is -2.20. The molecule has 1 heterocycles. The van der Waals surface area contributed by atoms with Crippen molar-refractivity contribution in [2.24, 2.45) is 0 Å². The van der Waals surface area contributed by atoms with Crippen LogP contribution in [0.2, 0.25) is 0 Å². The average molecular weight is 238 g/mol. The van der Waals surface area contributed by atoms with Gasteiger partial charge in [0, 0.05) is 4.88 Å². The van der Waals surface area contributed by atoms with E-state index in [1.165, 1.54) is 0 Å². The molecule has 0 aliphatic rings. The first-order valence-electron chi connectivity index (χ1n) is 5.41. The highest BCUT2D eigenvalue weighted by Gasteiger charge is 2.20. The van der Waals surface area contributed by atoms with Gasteiger partial charge in [-0.05, 0) is 38.6 Å². The fourth-order valence-corrected chi connectivity index (χ4v) is 2.01. The molecule has 0 spiro atoms.